The molecule has 0 fully saturated rings. The first-order valence-corrected chi connectivity index (χ1v) is 5.94. The monoisotopic (exact) mass is 209 g/mol. The molecule has 1 N–H and O–H groups in total. The van der Waals surface area contributed by atoms with Crippen LogP contribution in [-0.2, 0) is 4.74 Å². The van der Waals surface area contributed by atoms with E-state index in [1.807, 2.05) is 0 Å². The lowest BCUT2D eigenvalue weighted by atomic mass is 10.1. The van der Waals surface area contributed by atoms with Gasteiger partial charge in [0.2, 0.25) is 0 Å². The van der Waals surface area contributed by atoms with Gasteiger partial charge in [-0.25, -0.2) is 0 Å². The van der Waals surface area contributed by atoms with Crippen LogP contribution >= 0.6 is 11.3 Å². The molecular weight excluding hydrogens is 194 g/mol. The van der Waals surface area contributed by atoms with Crippen LogP contribution in [0.3, 0.4) is 0 Å². The number of hydrogen-bond donors (Lipinski definition) is 1. The number of hydrogen-bond acceptors (Lipinski definition) is 3. The second kappa shape index (κ2) is 4.62. The van der Waals surface area contributed by atoms with Crippen molar-refractivity contribution in [2.24, 2.45) is 0 Å². The first-order chi connectivity index (χ1) is 6.92. The molecule has 2 rings (SSSR count). The summed E-state index contributed by atoms with van der Waals surface area (Å²) in [7, 11) is 0. The van der Waals surface area contributed by atoms with Crippen molar-refractivity contribution < 1.29 is 4.74 Å². The van der Waals surface area contributed by atoms with Crippen LogP contribution in [0.2, 0.25) is 0 Å². The van der Waals surface area contributed by atoms with Crippen molar-refractivity contribution in [3.63, 3.8) is 0 Å². The zero-order valence-electron chi connectivity index (χ0n) is 8.32. The molecule has 0 saturated carbocycles. The maximum Gasteiger partial charge on any atom is 0.114 e. The highest BCUT2D eigenvalue weighted by Gasteiger charge is 2.19. The second-order valence-electron chi connectivity index (χ2n) is 3.29. The van der Waals surface area contributed by atoms with Crippen LogP contribution in [0.25, 0.3) is 0 Å². The average Bonchev–Trinajstić information content (AvgIpc) is 2.87. The summed E-state index contributed by atoms with van der Waals surface area (Å²) in [6, 6.07) is 2.41. The molecule has 14 heavy (non-hydrogen) atoms. The summed E-state index contributed by atoms with van der Waals surface area (Å²) in [6.45, 7) is 3.91. The summed E-state index contributed by atoms with van der Waals surface area (Å²) in [6.07, 6.45) is 3.23. The Labute approximate surface area is 88.6 Å². The highest BCUT2D eigenvalue weighted by atomic mass is 32.1. The third-order valence-corrected chi connectivity index (χ3v) is 3.00. The van der Waals surface area contributed by atoms with Gasteiger partial charge in [-0.3, -0.25) is 0 Å². The molecule has 0 aliphatic carbocycles. The minimum absolute atomic E-state index is 0.258. The lowest BCUT2D eigenvalue weighted by Gasteiger charge is -2.17. The van der Waals surface area contributed by atoms with Crippen molar-refractivity contribution in [3.05, 3.63) is 34.2 Å². The SMILES string of the molecule is CCNC(C1=CCCO1)c1ccsc1. The van der Waals surface area contributed by atoms with Gasteiger partial charge in [-0.1, -0.05) is 6.92 Å². The Morgan fingerprint density at radius 2 is 2.57 bits per heavy atom. The van der Waals surface area contributed by atoms with Crippen molar-refractivity contribution >= 4 is 11.3 Å². The fourth-order valence-corrected chi connectivity index (χ4v) is 2.35. The van der Waals surface area contributed by atoms with Crippen LogP contribution in [0, 0.1) is 0 Å². The van der Waals surface area contributed by atoms with Crippen LogP contribution in [0.1, 0.15) is 24.9 Å². The van der Waals surface area contributed by atoms with Crippen molar-refractivity contribution in [2.75, 3.05) is 13.2 Å². The highest BCUT2D eigenvalue weighted by Crippen LogP contribution is 2.27. The lowest BCUT2D eigenvalue weighted by molar-refractivity contribution is 0.216. The topological polar surface area (TPSA) is 21.3 Å². The Balaban J connectivity index is 2.15. The maximum absolute atomic E-state index is 5.59. The van der Waals surface area contributed by atoms with E-state index in [-0.39, 0.29) is 6.04 Å². The van der Waals surface area contributed by atoms with Gasteiger partial charge in [0.05, 0.1) is 12.6 Å². The predicted molar refractivity (Wildman–Crippen MR) is 59.4 cm³/mol. The van der Waals surface area contributed by atoms with Gasteiger partial charge < -0.3 is 10.1 Å². The van der Waals surface area contributed by atoms with Gasteiger partial charge in [0.1, 0.15) is 5.76 Å². The molecule has 0 amide bonds. The fourth-order valence-electron chi connectivity index (χ4n) is 1.66. The second-order valence-corrected chi connectivity index (χ2v) is 4.07. The van der Waals surface area contributed by atoms with E-state index in [1.165, 1.54) is 5.56 Å². The zero-order chi connectivity index (χ0) is 9.80. The third kappa shape index (κ3) is 1.99. The van der Waals surface area contributed by atoms with Gasteiger partial charge in [0.15, 0.2) is 0 Å². The summed E-state index contributed by atoms with van der Waals surface area (Å²) >= 11 is 1.73. The first-order valence-electron chi connectivity index (χ1n) is 5.00. The van der Waals surface area contributed by atoms with Crippen molar-refractivity contribution in [3.8, 4) is 0 Å². The van der Waals surface area contributed by atoms with E-state index in [0.29, 0.717) is 0 Å². The molecule has 1 unspecified atom stereocenters. The number of likely N-dealkylation sites (N-methyl/N-ethyl adjacent to an activating group) is 1. The minimum atomic E-state index is 0.258. The molecule has 0 bridgehead atoms. The molecule has 1 aromatic rings. The van der Waals surface area contributed by atoms with E-state index in [0.717, 1.165) is 25.3 Å². The Kier molecular flexibility index (Phi) is 3.22. The molecular formula is C11H15NOS. The smallest absolute Gasteiger partial charge is 0.114 e. The molecule has 1 aromatic heterocycles. The highest BCUT2D eigenvalue weighted by molar-refractivity contribution is 7.08. The first kappa shape index (κ1) is 9.74. The molecule has 0 saturated heterocycles. The fraction of sp³-hybridized carbons (Fsp3) is 0.455. The van der Waals surface area contributed by atoms with E-state index < -0.39 is 0 Å². The molecule has 2 nitrogen and oxygen atoms in total. The predicted octanol–water partition coefficient (Wildman–Crippen LogP) is 2.70. The van der Waals surface area contributed by atoms with Gasteiger partial charge in [-0.15, -0.1) is 0 Å². The van der Waals surface area contributed by atoms with Gasteiger partial charge >= 0.3 is 0 Å². The van der Waals surface area contributed by atoms with Crippen LogP contribution in [0.5, 0.6) is 0 Å². The Hall–Kier alpha value is -0.800. The molecule has 0 radical (unpaired) electrons. The average molecular weight is 209 g/mol. The number of nitrogens with one attached hydrogen (secondary N) is 1. The Morgan fingerprint density at radius 1 is 1.64 bits per heavy atom. The van der Waals surface area contributed by atoms with Gasteiger partial charge in [0.25, 0.3) is 0 Å². The summed E-state index contributed by atoms with van der Waals surface area (Å²) in [5.41, 5.74) is 1.31. The molecule has 0 spiro atoms. The molecule has 76 valence electrons. The summed E-state index contributed by atoms with van der Waals surface area (Å²) in [5, 5.41) is 7.72. The van der Waals surface area contributed by atoms with Crippen molar-refractivity contribution in [1.29, 1.82) is 0 Å². The largest absolute Gasteiger partial charge is 0.496 e. The van der Waals surface area contributed by atoms with E-state index in [2.05, 4.69) is 35.1 Å². The Morgan fingerprint density at radius 3 is 3.14 bits per heavy atom. The van der Waals surface area contributed by atoms with Crippen molar-refractivity contribution in [1.82, 2.24) is 5.32 Å². The molecule has 3 heteroatoms. The molecule has 1 aliphatic heterocycles. The third-order valence-electron chi connectivity index (χ3n) is 2.30. The molecule has 1 atom stereocenters. The summed E-state index contributed by atoms with van der Waals surface area (Å²) in [5.74, 6) is 1.09. The maximum atomic E-state index is 5.59. The minimum Gasteiger partial charge on any atom is -0.496 e. The summed E-state index contributed by atoms with van der Waals surface area (Å²) < 4.78 is 5.59. The van der Waals surface area contributed by atoms with Crippen LogP contribution in [0.15, 0.2) is 28.7 Å². The van der Waals surface area contributed by atoms with Crippen LogP contribution in [-0.4, -0.2) is 13.2 Å². The molecule has 0 aromatic carbocycles. The van der Waals surface area contributed by atoms with Gasteiger partial charge in [0, 0.05) is 6.42 Å². The van der Waals surface area contributed by atoms with E-state index >= 15 is 0 Å². The van der Waals surface area contributed by atoms with Crippen molar-refractivity contribution in [2.45, 2.75) is 19.4 Å². The molecule has 1 aliphatic rings. The lowest BCUT2D eigenvalue weighted by Crippen LogP contribution is -2.22. The van der Waals surface area contributed by atoms with Gasteiger partial charge in [-0.05, 0) is 35.0 Å². The summed E-state index contributed by atoms with van der Waals surface area (Å²) in [4.78, 5) is 0. The van der Waals surface area contributed by atoms with Crippen LogP contribution in [0.4, 0.5) is 0 Å². The standard InChI is InChI=1S/C11H15NOS/c1-2-12-11(9-5-7-14-8-9)10-4-3-6-13-10/h4-5,7-8,11-12H,2-3,6H2,1H3. The normalized spacial score (nSPS) is 17.6. The number of rotatable bonds is 4. The number of thiophene rings is 1. The van der Waals surface area contributed by atoms with E-state index in [9.17, 15) is 0 Å². The Bertz CT molecular complexity index is 305. The molecule has 2 heterocycles. The van der Waals surface area contributed by atoms with E-state index in [1.54, 1.807) is 11.3 Å². The quantitative estimate of drug-likeness (QED) is 0.823. The number of ether oxygens (including phenoxy) is 1. The van der Waals surface area contributed by atoms with Gasteiger partial charge in [-0.2, -0.15) is 11.3 Å². The zero-order valence-corrected chi connectivity index (χ0v) is 9.14. The van der Waals surface area contributed by atoms with Crippen LogP contribution < -0.4 is 5.32 Å². The van der Waals surface area contributed by atoms with E-state index in [4.69, 9.17) is 4.74 Å².